The second-order valence-electron chi connectivity index (χ2n) is 4.11. The Morgan fingerprint density at radius 3 is 2.65 bits per heavy atom. The van der Waals surface area contributed by atoms with Gasteiger partial charge in [0, 0.05) is 7.05 Å². The van der Waals surface area contributed by atoms with Gasteiger partial charge in [0.2, 0.25) is 0 Å². The van der Waals surface area contributed by atoms with Gasteiger partial charge < -0.3 is 14.6 Å². The molecule has 0 aliphatic heterocycles. The van der Waals surface area contributed by atoms with Crippen LogP contribution in [0.5, 0.6) is 11.5 Å². The average Bonchev–Trinajstić information content (AvgIpc) is 2.81. The van der Waals surface area contributed by atoms with Crippen molar-refractivity contribution in [3.05, 3.63) is 30.0 Å². The summed E-state index contributed by atoms with van der Waals surface area (Å²) in [4.78, 5) is 11.0. The maximum atomic E-state index is 11.0. The first kappa shape index (κ1) is 13.9. The molecule has 0 bridgehead atoms. The normalized spacial score (nSPS) is 10.3. The van der Waals surface area contributed by atoms with Gasteiger partial charge in [0.15, 0.2) is 5.69 Å². The summed E-state index contributed by atoms with van der Waals surface area (Å²) in [5.41, 5.74) is 1.30. The van der Waals surface area contributed by atoms with Gasteiger partial charge in [0.05, 0.1) is 25.0 Å². The zero-order valence-electron chi connectivity index (χ0n) is 11.6. The van der Waals surface area contributed by atoms with Gasteiger partial charge in [-0.2, -0.15) is 5.10 Å². The van der Waals surface area contributed by atoms with Crippen molar-refractivity contribution in [3.8, 4) is 22.8 Å². The molecule has 0 aliphatic carbocycles. The minimum absolute atomic E-state index is 0.0177. The molecule has 6 heteroatoms. The Hall–Kier alpha value is -2.50. The van der Waals surface area contributed by atoms with Gasteiger partial charge >= 0.3 is 5.97 Å². The summed E-state index contributed by atoms with van der Waals surface area (Å²) < 4.78 is 12.4. The highest BCUT2D eigenvalue weighted by Crippen LogP contribution is 2.38. The summed E-state index contributed by atoms with van der Waals surface area (Å²) in [6, 6.07) is 6.94. The Morgan fingerprint density at radius 2 is 2.10 bits per heavy atom. The third-order valence-corrected chi connectivity index (χ3v) is 2.86. The predicted molar refractivity (Wildman–Crippen MR) is 73.3 cm³/mol. The number of carbonyl (C=O) groups is 1. The number of hydrogen-bond donors (Lipinski definition) is 1. The second kappa shape index (κ2) is 5.64. The standard InChI is InChI=1S/C14H16N2O4/c1-4-20-12-7-5-6-11(19-3)13(12)10-8-9(14(17)18)15-16(10)2/h5-8H,4H2,1-3H3,(H,17,18). The molecule has 0 unspecified atom stereocenters. The maximum absolute atomic E-state index is 11.0. The molecule has 0 atom stereocenters. The Balaban J connectivity index is 2.63. The van der Waals surface area contributed by atoms with Crippen LogP contribution in [0.4, 0.5) is 0 Å². The van der Waals surface area contributed by atoms with Crippen LogP contribution in [0.25, 0.3) is 11.3 Å². The molecule has 1 aromatic heterocycles. The lowest BCUT2D eigenvalue weighted by molar-refractivity contribution is 0.0689. The Morgan fingerprint density at radius 1 is 1.40 bits per heavy atom. The van der Waals surface area contributed by atoms with Gasteiger partial charge in [-0.15, -0.1) is 0 Å². The van der Waals surface area contributed by atoms with E-state index in [0.717, 1.165) is 0 Å². The fraction of sp³-hybridized carbons (Fsp3) is 0.286. The Bertz CT molecular complexity index is 634. The fourth-order valence-corrected chi connectivity index (χ4v) is 2.02. The maximum Gasteiger partial charge on any atom is 0.356 e. The molecular formula is C14H16N2O4. The molecule has 0 aliphatic rings. The number of methoxy groups -OCH3 is 1. The van der Waals surface area contributed by atoms with Gasteiger partial charge in [0.25, 0.3) is 0 Å². The monoisotopic (exact) mass is 276 g/mol. The Labute approximate surface area is 116 Å². The molecule has 0 amide bonds. The quantitative estimate of drug-likeness (QED) is 0.906. The average molecular weight is 276 g/mol. The third-order valence-electron chi connectivity index (χ3n) is 2.86. The lowest BCUT2D eigenvalue weighted by Gasteiger charge is -2.14. The smallest absolute Gasteiger partial charge is 0.356 e. The number of aryl methyl sites for hydroxylation is 1. The highest BCUT2D eigenvalue weighted by molar-refractivity contribution is 5.88. The highest BCUT2D eigenvalue weighted by Gasteiger charge is 2.19. The van der Waals surface area contributed by atoms with E-state index in [9.17, 15) is 4.79 Å². The first-order valence-electron chi connectivity index (χ1n) is 6.16. The minimum atomic E-state index is -1.07. The molecule has 1 heterocycles. The molecular weight excluding hydrogens is 260 g/mol. The van der Waals surface area contributed by atoms with Crippen LogP contribution in [-0.2, 0) is 7.05 Å². The van der Waals surface area contributed by atoms with Gasteiger partial charge in [-0.3, -0.25) is 4.68 Å². The molecule has 0 fully saturated rings. The van der Waals surface area contributed by atoms with E-state index >= 15 is 0 Å². The second-order valence-corrected chi connectivity index (χ2v) is 4.11. The van der Waals surface area contributed by atoms with Crippen molar-refractivity contribution in [2.24, 2.45) is 7.05 Å². The first-order valence-corrected chi connectivity index (χ1v) is 6.16. The molecule has 0 radical (unpaired) electrons. The molecule has 106 valence electrons. The molecule has 2 aromatic rings. The lowest BCUT2D eigenvalue weighted by Crippen LogP contribution is -2.01. The first-order chi connectivity index (χ1) is 9.58. The van der Waals surface area contributed by atoms with Crippen molar-refractivity contribution in [1.82, 2.24) is 9.78 Å². The van der Waals surface area contributed by atoms with Crippen LogP contribution in [-0.4, -0.2) is 34.6 Å². The topological polar surface area (TPSA) is 73.6 Å². The van der Waals surface area contributed by atoms with Crippen LogP contribution in [0.3, 0.4) is 0 Å². The molecule has 0 saturated heterocycles. The van der Waals surface area contributed by atoms with Gasteiger partial charge in [-0.1, -0.05) is 6.07 Å². The molecule has 1 aromatic carbocycles. The van der Waals surface area contributed by atoms with Crippen molar-refractivity contribution in [2.75, 3.05) is 13.7 Å². The molecule has 0 saturated carbocycles. The highest BCUT2D eigenvalue weighted by atomic mass is 16.5. The van der Waals surface area contributed by atoms with Crippen molar-refractivity contribution in [2.45, 2.75) is 6.92 Å². The molecule has 1 N–H and O–H groups in total. The van der Waals surface area contributed by atoms with E-state index in [1.165, 1.54) is 10.7 Å². The van der Waals surface area contributed by atoms with Crippen molar-refractivity contribution in [3.63, 3.8) is 0 Å². The van der Waals surface area contributed by atoms with E-state index in [-0.39, 0.29) is 5.69 Å². The number of carboxylic acid groups (broad SMARTS) is 1. The Kier molecular flexibility index (Phi) is 3.93. The van der Waals surface area contributed by atoms with E-state index in [0.29, 0.717) is 29.4 Å². The number of rotatable bonds is 5. The van der Waals surface area contributed by atoms with Crippen LogP contribution in [0, 0.1) is 0 Å². The van der Waals surface area contributed by atoms with Crippen molar-refractivity contribution < 1.29 is 19.4 Å². The van der Waals surface area contributed by atoms with Gasteiger partial charge in [-0.25, -0.2) is 4.79 Å². The summed E-state index contributed by atoms with van der Waals surface area (Å²) in [5, 5.41) is 13.0. The number of aromatic carboxylic acids is 1. The predicted octanol–water partition coefficient (Wildman–Crippen LogP) is 2.19. The summed E-state index contributed by atoms with van der Waals surface area (Å²) >= 11 is 0. The number of aromatic nitrogens is 2. The van der Waals surface area contributed by atoms with Crippen LogP contribution >= 0.6 is 0 Å². The zero-order valence-corrected chi connectivity index (χ0v) is 11.6. The lowest BCUT2D eigenvalue weighted by atomic mass is 10.1. The molecule has 2 rings (SSSR count). The van der Waals surface area contributed by atoms with Crippen LogP contribution in [0.2, 0.25) is 0 Å². The number of benzene rings is 1. The SMILES string of the molecule is CCOc1cccc(OC)c1-c1cc(C(=O)O)nn1C. The van der Waals surface area contributed by atoms with E-state index < -0.39 is 5.97 Å². The number of ether oxygens (including phenoxy) is 2. The van der Waals surface area contributed by atoms with Gasteiger partial charge in [0.1, 0.15) is 11.5 Å². The van der Waals surface area contributed by atoms with E-state index in [1.54, 1.807) is 20.2 Å². The summed E-state index contributed by atoms with van der Waals surface area (Å²) in [6.07, 6.45) is 0. The van der Waals surface area contributed by atoms with E-state index in [1.807, 2.05) is 19.1 Å². The van der Waals surface area contributed by atoms with Crippen LogP contribution in [0.1, 0.15) is 17.4 Å². The number of hydrogen-bond acceptors (Lipinski definition) is 4. The molecule has 20 heavy (non-hydrogen) atoms. The zero-order chi connectivity index (χ0) is 14.7. The third kappa shape index (κ3) is 2.45. The fourth-order valence-electron chi connectivity index (χ4n) is 2.02. The minimum Gasteiger partial charge on any atom is -0.496 e. The summed E-state index contributed by atoms with van der Waals surface area (Å²) in [6.45, 7) is 2.39. The summed E-state index contributed by atoms with van der Waals surface area (Å²) in [7, 11) is 3.24. The van der Waals surface area contributed by atoms with Crippen LogP contribution < -0.4 is 9.47 Å². The van der Waals surface area contributed by atoms with Crippen molar-refractivity contribution >= 4 is 5.97 Å². The van der Waals surface area contributed by atoms with E-state index in [2.05, 4.69) is 5.10 Å². The van der Waals surface area contributed by atoms with Crippen LogP contribution in [0.15, 0.2) is 24.3 Å². The van der Waals surface area contributed by atoms with Crippen molar-refractivity contribution in [1.29, 1.82) is 0 Å². The number of nitrogens with zero attached hydrogens (tertiary/aromatic N) is 2. The largest absolute Gasteiger partial charge is 0.496 e. The number of carboxylic acids is 1. The van der Waals surface area contributed by atoms with Gasteiger partial charge in [-0.05, 0) is 25.1 Å². The summed E-state index contributed by atoms with van der Waals surface area (Å²) in [5.74, 6) is 0.169. The molecule has 6 nitrogen and oxygen atoms in total. The molecule has 0 spiro atoms. The van der Waals surface area contributed by atoms with E-state index in [4.69, 9.17) is 14.6 Å².